The number of hydrogen-bond donors (Lipinski definition) is 0. The van der Waals surface area contributed by atoms with Gasteiger partial charge in [0, 0.05) is 0 Å². The molecular weight excluding hydrogens is 366 g/mol. The first-order chi connectivity index (χ1) is 12.8. The number of unbranched alkanes of at least 4 members (excludes halogenated alkanes) is 13. The van der Waals surface area contributed by atoms with Crippen molar-refractivity contribution in [3.05, 3.63) is 12.2 Å². The normalized spacial score (nSPS) is 12.5. The number of rotatable bonds is 19. The van der Waals surface area contributed by atoms with Crippen molar-refractivity contribution >= 4 is 5.78 Å². The smallest absolute Gasteiger partial charge is 0.166 e. The zero-order valence-electron chi connectivity index (χ0n) is 19.8. The molecule has 0 aliphatic heterocycles. The first-order valence-corrected chi connectivity index (χ1v) is 11.8. The quantitative estimate of drug-likeness (QED) is 0.174. The summed E-state index contributed by atoms with van der Waals surface area (Å²) >= 11 is 0. The van der Waals surface area contributed by atoms with Crippen molar-refractivity contribution in [1.29, 1.82) is 0 Å². The third-order valence-corrected chi connectivity index (χ3v) is 5.75. The molecule has 2 nitrogen and oxygen atoms in total. The van der Waals surface area contributed by atoms with Gasteiger partial charge in [-0.15, -0.1) is 0 Å². The van der Waals surface area contributed by atoms with Gasteiger partial charge in [0.2, 0.25) is 0 Å². The Morgan fingerprint density at radius 3 is 1.50 bits per heavy atom. The van der Waals surface area contributed by atoms with Crippen LogP contribution < -0.4 is 12.4 Å². The molecule has 3 heteroatoms. The van der Waals surface area contributed by atoms with Crippen LogP contribution >= 0.6 is 0 Å². The van der Waals surface area contributed by atoms with Gasteiger partial charge in [0.15, 0.2) is 5.78 Å². The van der Waals surface area contributed by atoms with Crippen LogP contribution in [-0.2, 0) is 4.79 Å². The van der Waals surface area contributed by atoms with Crippen LogP contribution in [0, 0.1) is 5.92 Å². The number of ketones is 1. The van der Waals surface area contributed by atoms with E-state index in [1.807, 2.05) is 13.8 Å². The Morgan fingerprint density at radius 1 is 0.786 bits per heavy atom. The summed E-state index contributed by atoms with van der Waals surface area (Å²) < 4.78 is 0.943. The van der Waals surface area contributed by atoms with Crippen molar-refractivity contribution in [3.8, 4) is 0 Å². The van der Waals surface area contributed by atoms with Crippen molar-refractivity contribution < 1.29 is 21.7 Å². The molecule has 0 aliphatic carbocycles. The van der Waals surface area contributed by atoms with Crippen molar-refractivity contribution in [3.63, 3.8) is 0 Å². The molecule has 1 unspecified atom stereocenters. The highest BCUT2D eigenvalue weighted by molar-refractivity contribution is 5.95. The predicted octanol–water partition coefficient (Wildman–Crippen LogP) is 4.33. The van der Waals surface area contributed by atoms with E-state index in [-0.39, 0.29) is 24.1 Å². The Bertz CT molecular complexity index is 392. The number of halogens is 1. The van der Waals surface area contributed by atoms with Gasteiger partial charge in [-0.25, -0.2) is 0 Å². The molecule has 0 spiro atoms. The second-order valence-electron chi connectivity index (χ2n) is 9.48. The van der Waals surface area contributed by atoms with Gasteiger partial charge in [0.1, 0.15) is 0 Å². The van der Waals surface area contributed by atoms with E-state index < -0.39 is 0 Å². The van der Waals surface area contributed by atoms with Gasteiger partial charge in [0.25, 0.3) is 0 Å². The van der Waals surface area contributed by atoms with Crippen LogP contribution in [0.3, 0.4) is 0 Å². The van der Waals surface area contributed by atoms with Gasteiger partial charge in [0.05, 0.1) is 33.1 Å². The molecule has 0 aromatic rings. The van der Waals surface area contributed by atoms with Crippen molar-refractivity contribution in [2.45, 2.75) is 111 Å². The lowest BCUT2D eigenvalue weighted by atomic mass is 10.00. The van der Waals surface area contributed by atoms with Crippen LogP contribution in [0.4, 0.5) is 0 Å². The number of hydrogen-bond acceptors (Lipinski definition) is 1. The molecule has 28 heavy (non-hydrogen) atoms. The summed E-state index contributed by atoms with van der Waals surface area (Å²) in [6, 6.07) is 0. The molecule has 0 amide bonds. The number of quaternary nitrogens is 1. The summed E-state index contributed by atoms with van der Waals surface area (Å²) in [6.45, 7) is 12.0. The Labute approximate surface area is 183 Å². The van der Waals surface area contributed by atoms with Gasteiger partial charge >= 0.3 is 0 Å². The number of carbonyl (C=O) groups excluding carboxylic acids is 1. The highest BCUT2D eigenvalue weighted by atomic mass is 35.5. The maximum absolute atomic E-state index is 12.0. The van der Waals surface area contributed by atoms with E-state index in [2.05, 4.69) is 27.6 Å². The highest BCUT2D eigenvalue weighted by Gasteiger charge is 2.23. The molecule has 0 saturated carbocycles. The van der Waals surface area contributed by atoms with E-state index in [0.29, 0.717) is 5.57 Å². The molecule has 0 bridgehead atoms. The number of allylic oxidation sites excluding steroid dienone is 1. The van der Waals surface area contributed by atoms with Gasteiger partial charge < -0.3 is 16.9 Å². The molecule has 0 rings (SSSR count). The molecule has 0 heterocycles. The fourth-order valence-electron chi connectivity index (χ4n) is 4.07. The zero-order valence-corrected chi connectivity index (χ0v) is 20.6. The topological polar surface area (TPSA) is 17.1 Å². The monoisotopic (exact) mass is 415 g/mol. The van der Waals surface area contributed by atoms with Crippen LogP contribution in [0.5, 0.6) is 0 Å². The van der Waals surface area contributed by atoms with Crippen molar-refractivity contribution in [2.24, 2.45) is 5.92 Å². The van der Waals surface area contributed by atoms with Gasteiger partial charge in [-0.1, -0.05) is 90.6 Å². The number of Topliss-reactive ketones (excluding diaryl/α,β-unsaturated/α-hetero) is 1. The van der Waals surface area contributed by atoms with Crippen LogP contribution in [0.25, 0.3) is 0 Å². The maximum Gasteiger partial charge on any atom is 0.166 e. The Kier molecular flexibility index (Phi) is 19.9. The molecular formula is C25H50ClNO. The number of nitrogens with zero attached hydrogens (tertiary/aromatic N) is 1. The summed E-state index contributed by atoms with van der Waals surface area (Å²) in [5, 5.41) is 0. The van der Waals surface area contributed by atoms with E-state index in [0.717, 1.165) is 11.0 Å². The Morgan fingerprint density at radius 2 is 1.14 bits per heavy atom. The molecule has 0 aliphatic rings. The van der Waals surface area contributed by atoms with Crippen LogP contribution in [-0.4, -0.2) is 37.5 Å². The van der Waals surface area contributed by atoms with Crippen LogP contribution in [0.2, 0.25) is 0 Å². The van der Waals surface area contributed by atoms with Crippen molar-refractivity contribution in [1.82, 2.24) is 0 Å². The summed E-state index contributed by atoms with van der Waals surface area (Å²) in [5.41, 5.74) is 0.694. The fourth-order valence-corrected chi connectivity index (χ4v) is 4.07. The van der Waals surface area contributed by atoms with Crippen molar-refractivity contribution in [2.75, 3.05) is 27.2 Å². The second-order valence-corrected chi connectivity index (χ2v) is 9.48. The fraction of sp³-hybridized carbons (Fsp3) is 0.880. The highest BCUT2D eigenvalue weighted by Crippen LogP contribution is 2.15. The zero-order chi connectivity index (χ0) is 20.5. The first-order valence-electron chi connectivity index (χ1n) is 11.8. The lowest BCUT2D eigenvalue weighted by Crippen LogP contribution is -3.00. The summed E-state index contributed by atoms with van der Waals surface area (Å²) in [6.07, 6.45) is 19.7. The third-order valence-electron chi connectivity index (χ3n) is 5.75. The Hall–Kier alpha value is -0.340. The maximum atomic E-state index is 12.0. The average Bonchev–Trinajstić information content (AvgIpc) is 2.60. The summed E-state index contributed by atoms with van der Waals surface area (Å²) in [7, 11) is 4.51. The van der Waals surface area contributed by atoms with E-state index in [9.17, 15) is 4.79 Å². The molecule has 0 aromatic heterocycles. The summed E-state index contributed by atoms with van der Waals surface area (Å²) in [4.78, 5) is 12.0. The minimum absolute atomic E-state index is 0. The average molecular weight is 416 g/mol. The molecule has 0 saturated heterocycles. The van der Waals surface area contributed by atoms with Gasteiger partial charge in [-0.2, -0.15) is 0 Å². The minimum atomic E-state index is 0. The SMILES string of the molecule is C=C(C)C(=O)C(C)C[N+](C)(C)CCCCCCCCCCCCCCCC.[Cl-]. The molecule has 0 aromatic carbocycles. The van der Waals surface area contributed by atoms with Crippen LogP contribution in [0.1, 0.15) is 111 Å². The first kappa shape index (κ1) is 29.9. The van der Waals surface area contributed by atoms with E-state index in [4.69, 9.17) is 0 Å². The third kappa shape index (κ3) is 17.7. The molecule has 168 valence electrons. The van der Waals surface area contributed by atoms with E-state index in [1.54, 1.807) is 0 Å². The van der Waals surface area contributed by atoms with Gasteiger partial charge in [-0.05, 0) is 32.3 Å². The van der Waals surface area contributed by atoms with E-state index >= 15 is 0 Å². The lowest BCUT2D eigenvalue weighted by Gasteiger charge is -2.32. The molecule has 0 fully saturated rings. The second kappa shape index (κ2) is 18.7. The summed E-state index contributed by atoms with van der Waals surface area (Å²) in [5.74, 6) is 0.311. The minimum Gasteiger partial charge on any atom is -1.00 e. The van der Waals surface area contributed by atoms with E-state index in [1.165, 1.54) is 96.4 Å². The largest absolute Gasteiger partial charge is 1.00 e. The number of carbonyl (C=O) groups is 1. The lowest BCUT2D eigenvalue weighted by molar-refractivity contribution is -0.892. The van der Waals surface area contributed by atoms with Gasteiger partial charge in [-0.3, -0.25) is 4.79 Å². The molecule has 1 atom stereocenters. The van der Waals surface area contributed by atoms with Crippen LogP contribution in [0.15, 0.2) is 12.2 Å². The standard InChI is InChI=1S/C25H50NO.ClH/c1-7-8-9-10-11-12-13-14-15-16-17-18-19-20-21-26(5,6)22-24(4)25(27)23(2)3;/h24H,2,7-22H2,1,3-6H3;1H/q+1;/p-1. The Balaban J connectivity index is 0. The molecule has 0 N–H and O–H groups in total. The predicted molar refractivity (Wildman–Crippen MR) is 121 cm³/mol. The molecule has 0 radical (unpaired) electrons.